The van der Waals surface area contributed by atoms with Crippen molar-refractivity contribution in [1.29, 1.82) is 0 Å². The zero-order valence-corrected chi connectivity index (χ0v) is 9.87. The lowest BCUT2D eigenvalue weighted by Crippen LogP contribution is -2.49. The van der Waals surface area contributed by atoms with Gasteiger partial charge in [-0.15, -0.1) is 13.2 Å². The number of hydrogen-bond donors (Lipinski definition) is 0. The van der Waals surface area contributed by atoms with Crippen molar-refractivity contribution in [1.82, 2.24) is 9.80 Å². The molecule has 0 atom stereocenters. The molecule has 0 aliphatic carbocycles. The molecule has 1 aromatic rings. The quantitative estimate of drug-likeness (QED) is 0.656. The Morgan fingerprint density at radius 3 is 2.50 bits per heavy atom. The van der Waals surface area contributed by atoms with E-state index in [9.17, 15) is 18.0 Å². The lowest BCUT2D eigenvalue weighted by Gasteiger charge is -2.32. The van der Waals surface area contributed by atoms with Gasteiger partial charge in [-0.2, -0.15) is 0 Å². The SMILES string of the molecule is CN(C(=O)N1CCc2ccccc2C1)C(F)(F)F. The van der Waals surface area contributed by atoms with Crippen LogP contribution >= 0.6 is 0 Å². The van der Waals surface area contributed by atoms with E-state index in [2.05, 4.69) is 0 Å². The molecule has 0 bridgehead atoms. The minimum Gasteiger partial charge on any atom is -0.320 e. The van der Waals surface area contributed by atoms with Crippen LogP contribution in [0.5, 0.6) is 0 Å². The van der Waals surface area contributed by atoms with E-state index >= 15 is 0 Å². The smallest absolute Gasteiger partial charge is 0.320 e. The van der Waals surface area contributed by atoms with Crippen LogP contribution in [-0.4, -0.2) is 35.7 Å². The number of amides is 2. The number of nitrogens with zero attached hydrogens (tertiary/aromatic N) is 2. The van der Waals surface area contributed by atoms with Gasteiger partial charge in [0.1, 0.15) is 0 Å². The molecule has 2 amide bonds. The number of carbonyl (C=O) groups is 1. The van der Waals surface area contributed by atoms with Crippen LogP contribution in [0.3, 0.4) is 0 Å². The van der Waals surface area contributed by atoms with Crippen LogP contribution in [0, 0.1) is 0 Å². The second-order valence-corrected chi connectivity index (χ2v) is 4.25. The van der Waals surface area contributed by atoms with E-state index in [0.717, 1.165) is 18.2 Å². The fraction of sp³-hybridized carbons (Fsp3) is 0.417. The third kappa shape index (κ3) is 2.42. The number of rotatable bonds is 0. The van der Waals surface area contributed by atoms with Gasteiger partial charge < -0.3 is 4.90 Å². The Kier molecular flexibility index (Phi) is 3.19. The normalized spacial score (nSPS) is 15.2. The summed E-state index contributed by atoms with van der Waals surface area (Å²) in [5.74, 6) is 0. The van der Waals surface area contributed by atoms with E-state index in [1.165, 1.54) is 4.90 Å². The number of alkyl halides is 3. The summed E-state index contributed by atoms with van der Waals surface area (Å²) in [6, 6.07) is 6.47. The van der Waals surface area contributed by atoms with Crippen LogP contribution < -0.4 is 0 Å². The zero-order chi connectivity index (χ0) is 13.3. The molecule has 1 aromatic carbocycles. The van der Waals surface area contributed by atoms with Crippen LogP contribution in [0.2, 0.25) is 0 Å². The fourth-order valence-corrected chi connectivity index (χ4v) is 1.98. The maximum absolute atomic E-state index is 12.4. The first kappa shape index (κ1) is 12.7. The molecule has 6 heteroatoms. The van der Waals surface area contributed by atoms with E-state index in [0.29, 0.717) is 13.0 Å². The molecule has 0 spiro atoms. The van der Waals surface area contributed by atoms with Gasteiger partial charge >= 0.3 is 12.3 Å². The van der Waals surface area contributed by atoms with Crippen LogP contribution in [0.4, 0.5) is 18.0 Å². The van der Waals surface area contributed by atoms with E-state index in [4.69, 9.17) is 0 Å². The molecule has 1 aliphatic heterocycles. The van der Waals surface area contributed by atoms with Gasteiger partial charge in [-0.3, -0.25) is 0 Å². The topological polar surface area (TPSA) is 23.6 Å². The van der Waals surface area contributed by atoms with E-state index in [1.807, 2.05) is 24.3 Å². The van der Waals surface area contributed by atoms with Gasteiger partial charge in [0.25, 0.3) is 0 Å². The van der Waals surface area contributed by atoms with Crippen LogP contribution in [0.25, 0.3) is 0 Å². The highest BCUT2D eigenvalue weighted by Gasteiger charge is 2.40. The Morgan fingerprint density at radius 2 is 1.89 bits per heavy atom. The van der Waals surface area contributed by atoms with Gasteiger partial charge in [0.05, 0.1) is 0 Å². The lowest BCUT2D eigenvalue weighted by atomic mass is 10.0. The largest absolute Gasteiger partial charge is 0.488 e. The monoisotopic (exact) mass is 258 g/mol. The Hall–Kier alpha value is -1.72. The Labute approximate surface area is 103 Å². The molecule has 0 saturated carbocycles. The molecule has 1 aliphatic rings. The summed E-state index contributed by atoms with van der Waals surface area (Å²) in [5, 5.41) is 0. The Bertz CT molecular complexity index is 459. The molecule has 3 nitrogen and oxygen atoms in total. The second kappa shape index (κ2) is 4.51. The molecule has 1 heterocycles. The maximum atomic E-state index is 12.4. The summed E-state index contributed by atoms with van der Waals surface area (Å²) in [4.78, 5) is 12.7. The van der Waals surface area contributed by atoms with Gasteiger partial charge in [0.2, 0.25) is 0 Å². The molecule has 0 unspecified atom stereocenters. The van der Waals surface area contributed by atoms with Crippen LogP contribution in [-0.2, 0) is 13.0 Å². The van der Waals surface area contributed by atoms with Crippen molar-refractivity contribution in [2.75, 3.05) is 13.6 Å². The summed E-state index contributed by atoms with van der Waals surface area (Å²) >= 11 is 0. The molecule has 0 N–H and O–H groups in total. The molecular weight excluding hydrogens is 245 g/mol. The van der Waals surface area contributed by atoms with Crippen molar-refractivity contribution < 1.29 is 18.0 Å². The van der Waals surface area contributed by atoms with Crippen molar-refractivity contribution in [3.8, 4) is 0 Å². The number of benzene rings is 1. The molecule has 18 heavy (non-hydrogen) atoms. The summed E-state index contributed by atoms with van der Waals surface area (Å²) < 4.78 is 37.3. The van der Waals surface area contributed by atoms with E-state index in [1.54, 1.807) is 0 Å². The van der Waals surface area contributed by atoms with E-state index < -0.39 is 12.3 Å². The molecule has 0 aromatic heterocycles. The predicted octanol–water partition coefficient (Wildman–Crippen LogP) is 2.62. The Balaban J connectivity index is 2.12. The number of urea groups is 1. The Morgan fingerprint density at radius 1 is 1.28 bits per heavy atom. The zero-order valence-electron chi connectivity index (χ0n) is 9.87. The van der Waals surface area contributed by atoms with Crippen LogP contribution in [0.1, 0.15) is 11.1 Å². The molecule has 2 rings (SSSR count). The molecular formula is C12H13F3N2O. The highest BCUT2D eigenvalue weighted by Crippen LogP contribution is 2.24. The standard InChI is InChI=1S/C12H13F3N2O/c1-16(12(13,14)15)11(18)17-7-6-9-4-2-3-5-10(9)8-17/h2-5H,6-8H2,1H3. The predicted molar refractivity (Wildman–Crippen MR) is 59.8 cm³/mol. The first-order valence-corrected chi connectivity index (χ1v) is 5.56. The summed E-state index contributed by atoms with van der Waals surface area (Å²) in [6.07, 6.45) is -4.04. The average Bonchev–Trinajstić information content (AvgIpc) is 2.35. The highest BCUT2D eigenvalue weighted by molar-refractivity contribution is 5.74. The highest BCUT2D eigenvalue weighted by atomic mass is 19.4. The van der Waals surface area contributed by atoms with Crippen molar-refractivity contribution in [2.24, 2.45) is 0 Å². The minimum atomic E-state index is -4.63. The third-order valence-electron chi connectivity index (χ3n) is 3.07. The van der Waals surface area contributed by atoms with Gasteiger partial charge in [0, 0.05) is 20.1 Å². The third-order valence-corrected chi connectivity index (χ3v) is 3.07. The lowest BCUT2D eigenvalue weighted by molar-refractivity contribution is -0.218. The second-order valence-electron chi connectivity index (χ2n) is 4.25. The maximum Gasteiger partial charge on any atom is 0.488 e. The van der Waals surface area contributed by atoms with E-state index in [-0.39, 0.29) is 11.4 Å². The van der Waals surface area contributed by atoms with Crippen LogP contribution in [0.15, 0.2) is 24.3 Å². The van der Waals surface area contributed by atoms with Crippen molar-refractivity contribution >= 4 is 6.03 Å². The van der Waals surface area contributed by atoms with Gasteiger partial charge in [-0.05, 0) is 17.5 Å². The summed E-state index contributed by atoms with van der Waals surface area (Å²) in [6.45, 7) is 0.547. The molecule has 0 radical (unpaired) electrons. The fourth-order valence-electron chi connectivity index (χ4n) is 1.98. The molecule has 98 valence electrons. The van der Waals surface area contributed by atoms with Crippen molar-refractivity contribution in [3.05, 3.63) is 35.4 Å². The first-order valence-electron chi connectivity index (χ1n) is 5.56. The molecule has 0 saturated heterocycles. The average molecular weight is 258 g/mol. The summed E-state index contributed by atoms with van der Waals surface area (Å²) in [7, 11) is 0.753. The summed E-state index contributed by atoms with van der Waals surface area (Å²) in [5.41, 5.74) is 2.00. The number of carbonyl (C=O) groups excluding carboxylic acids is 1. The number of fused-ring (bicyclic) bond motifs is 1. The minimum absolute atomic E-state index is 0.180. The molecule has 0 fully saturated rings. The first-order chi connectivity index (χ1) is 8.39. The number of hydrogen-bond acceptors (Lipinski definition) is 1. The van der Waals surface area contributed by atoms with Gasteiger partial charge in [-0.1, -0.05) is 24.3 Å². The van der Waals surface area contributed by atoms with Crippen molar-refractivity contribution in [3.63, 3.8) is 0 Å². The van der Waals surface area contributed by atoms with Gasteiger partial charge in [-0.25, -0.2) is 9.69 Å². The van der Waals surface area contributed by atoms with Crippen molar-refractivity contribution in [2.45, 2.75) is 19.3 Å². The van der Waals surface area contributed by atoms with Gasteiger partial charge in [0.15, 0.2) is 0 Å². The number of halogens is 3.